The molecule has 1 aliphatic heterocycles. The first-order valence-corrected chi connectivity index (χ1v) is 13.6. The number of nitrogens with one attached hydrogen (secondary N) is 3. The van der Waals surface area contributed by atoms with Crippen LogP contribution in [0.1, 0.15) is 37.9 Å². The number of hydrogen-bond acceptors (Lipinski definition) is 7. The third-order valence-electron chi connectivity index (χ3n) is 5.07. The molecule has 0 fully saturated rings. The zero-order chi connectivity index (χ0) is 26.9. The molecule has 0 unspecified atom stereocenters. The molecule has 0 spiro atoms. The van der Waals surface area contributed by atoms with E-state index in [-0.39, 0.29) is 13.2 Å². The number of para-hydroxylation sites is 1. The lowest BCUT2D eigenvalue weighted by molar-refractivity contribution is -0.139. The molecule has 0 saturated carbocycles. The molecule has 1 amide bonds. The number of halogens is 2. The Labute approximate surface area is 242 Å². The fourth-order valence-corrected chi connectivity index (χ4v) is 5.56. The van der Waals surface area contributed by atoms with Crippen LogP contribution in [0.2, 0.25) is 0 Å². The topological polar surface area (TPSA) is 110 Å². The van der Waals surface area contributed by atoms with Crippen molar-refractivity contribution < 1.29 is 23.8 Å². The third-order valence-corrected chi connectivity index (χ3v) is 6.55. The molecule has 0 aromatic heterocycles. The van der Waals surface area contributed by atoms with Gasteiger partial charge in [-0.2, -0.15) is 5.10 Å². The number of rotatable bonds is 10. The lowest BCUT2D eigenvalue weighted by Crippen LogP contribution is -2.45. The van der Waals surface area contributed by atoms with Gasteiger partial charge < -0.3 is 24.8 Å². The number of hydrazone groups is 1. The second-order valence-electron chi connectivity index (χ2n) is 7.65. The van der Waals surface area contributed by atoms with E-state index in [1.807, 2.05) is 25.1 Å². The van der Waals surface area contributed by atoms with Gasteiger partial charge in [0.15, 0.2) is 11.7 Å². The van der Waals surface area contributed by atoms with Crippen molar-refractivity contribution in [1.29, 1.82) is 0 Å². The van der Waals surface area contributed by atoms with Crippen molar-refractivity contribution in [3.8, 4) is 11.5 Å². The van der Waals surface area contributed by atoms with Crippen LogP contribution in [0, 0.1) is 3.57 Å². The largest absolute Gasteiger partial charge is 0.492 e. The van der Waals surface area contributed by atoms with E-state index in [1.54, 1.807) is 32.0 Å². The standard InChI is InChI=1S/C25H26BrIN4O5S/c1-4-34-23-15(10-16(26)11-18(23)27)12-28-31-20(32)13-36-19-9-7-6-8-17(19)22-21(24(33)35-5-2)14(3)29-25(37)30-22/h6-12,22H,4-5,13H2,1-3H3,(H,31,32)(H2,29,30,37)/t22-/m1/s1. The van der Waals surface area contributed by atoms with Crippen LogP contribution in [0.25, 0.3) is 0 Å². The molecule has 0 aliphatic carbocycles. The van der Waals surface area contributed by atoms with E-state index in [2.05, 4.69) is 59.7 Å². The molecule has 1 aliphatic rings. The maximum Gasteiger partial charge on any atom is 0.338 e. The predicted molar refractivity (Wildman–Crippen MR) is 157 cm³/mol. The fraction of sp³-hybridized carbons (Fsp3) is 0.280. The highest BCUT2D eigenvalue weighted by molar-refractivity contribution is 14.1. The SMILES string of the molecule is CCOC(=O)C1=C(C)NC(=S)N[C@@H]1c1ccccc1OCC(=O)NN=Cc1cc(Br)cc(I)c1OCC. The van der Waals surface area contributed by atoms with Crippen molar-refractivity contribution in [2.24, 2.45) is 5.10 Å². The van der Waals surface area contributed by atoms with E-state index in [9.17, 15) is 9.59 Å². The summed E-state index contributed by atoms with van der Waals surface area (Å²) < 4.78 is 18.5. The monoisotopic (exact) mass is 700 g/mol. The summed E-state index contributed by atoms with van der Waals surface area (Å²) in [4.78, 5) is 25.2. The van der Waals surface area contributed by atoms with Gasteiger partial charge in [0.25, 0.3) is 5.91 Å². The number of allylic oxidation sites excluding steroid dienone is 1. The Balaban J connectivity index is 1.73. The average molecular weight is 701 g/mol. The molecule has 3 N–H and O–H groups in total. The van der Waals surface area contributed by atoms with Crippen molar-refractivity contribution >= 4 is 73.9 Å². The van der Waals surface area contributed by atoms with E-state index in [4.69, 9.17) is 26.4 Å². The summed E-state index contributed by atoms with van der Waals surface area (Å²) in [5.41, 5.74) is 4.79. The van der Waals surface area contributed by atoms with Gasteiger partial charge in [0.1, 0.15) is 11.5 Å². The van der Waals surface area contributed by atoms with E-state index < -0.39 is 17.9 Å². The molecular formula is C25H26BrIN4O5S. The molecule has 12 heteroatoms. The third kappa shape index (κ3) is 7.65. The van der Waals surface area contributed by atoms with Gasteiger partial charge in [-0.15, -0.1) is 0 Å². The summed E-state index contributed by atoms with van der Waals surface area (Å²) in [6.45, 7) is 5.83. The molecule has 1 heterocycles. The van der Waals surface area contributed by atoms with Crippen LogP contribution in [-0.2, 0) is 14.3 Å². The normalized spacial score (nSPS) is 15.2. The highest BCUT2D eigenvalue weighted by Gasteiger charge is 2.32. The van der Waals surface area contributed by atoms with E-state index >= 15 is 0 Å². The van der Waals surface area contributed by atoms with Gasteiger partial charge in [-0.05, 0) is 73.8 Å². The van der Waals surface area contributed by atoms with Gasteiger partial charge in [0.05, 0.1) is 34.6 Å². The second-order valence-corrected chi connectivity index (χ2v) is 10.1. The molecule has 0 radical (unpaired) electrons. The molecule has 0 bridgehead atoms. The first-order valence-electron chi connectivity index (χ1n) is 11.4. The van der Waals surface area contributed by atoms with Crippen molar-refractivity contribution in [2.45, 2.75) is 26.8 Å². The minimum absolute atomic E-state index is 0.233. The highest BCUT2D eigenvalue weighted by Crippen LogP contribution is 2.33. The van der Waals surface area contributed by atoms with Crippen LogP contribution in [0.3, 0.4) is 0 Å². The van der Waals surface area contributed by atoms with Gasteiger partial charge in [0.2, 0.25) is 0 Å². The molecule has 2 aromatic carbocycles. The number of esters is 1. The maximum absolute atomic E-state index is 12.7. The van der Waals surface area contributed by atoms with E-state index in [0.29, 0.717) is 45.6 Å². The van der Waals surface area contributed by atoms with Crippen LogP contribution >= 0.6 is 50.7 Å². The summed E-state index contributed by atoms with van der Waals surface area (Å²) in [6, 6.07) is 10.3. The Hall–Kier alpha value is -2.71. The molecular weight excluding hydrogens is 675 g/mol. The molecule has 1 atom stereocenters. The van der Waals surface area contributed by atoms with Crippen LogP contribution in [0.5, 0.6) is 11.5 Å². The number of ether oxygens (including phenoxy) is 3. The Morgan fingerprint density at radius 2 is 1.97 bits per heavy atom. The first-order chi connectivity index (χ1) is 17.7. The van der Waals surface area contributed by atoms with Crippen molar-refractivity contribution in [2.75, 3.05) is 19.8 Å². The maximum atomic E-state index is 12.7. The van der Waals surface area contributed by atoms with Crippen molar-refractivity contribution in [3.05, 3.63) is 66.8 Å². The molecule has 9 nitrogen and oxygen atoms in total. The summed E-state index contributed by atoms with van der Waals surface area (Å²) in [7, 11) is 0. The van der Waals surface area contributed by atoms with Gasteiger partial charge in [-0.1, -0.05) is 34.1 Å². The number of benzene rings is 2. The summed E-state index contributed by atoms with van der Waals surface area (Å²) in [5.74, 6) is 0.170. The van der Waals surface area contributed by atoms with Gasteiger partial charge in [-0.3, -0.25) is 4.79 Å². The summed E-state index contributed by atoms with van der Waals surface area (Å²) in [5, 5.41) is 10.5. The number of thiocarbonyl (C=S) groups is 1. The van der Waals surface area contributed by atoms with E-state index in [0.717, 1.165) is 8.04 Å². The van der Waals surface area contributed by atoms with Crippen LogP contribution in [-0.4, -0.2) is 43.0 Å². The minimum Gasteiger partial charge on any atom is -0.492 e. The molecule has 2 aromatic rings. The van der Waals surface area contributed by atoms with Crippen LogP contribution in [0.4, 0.5) is 0 Å². The molecule has 0 saturated heterocycles. The zero-order valence-electron chi connectivity index (χ0n) is 20.4. The molecule has 3 rings (SSSR count). The number of nitrogens with zero attached hydrogens (tertiary/aromatic N) is 1. The molecule has 37 heavy (non-hydrogen) atoms. The fourth-order valence-electron chi connectivity index (χ4n) is 3.58. The highest BCUT2D eigenvalue weighted by atomic mass is 127. The van der Waals surface area contributed by atoms with Crippen molar-refractivity contribution in [1.82, 2.24) is 16.1 Å². The summed E-state index contributed by atoms with van der Waals surface area (Å²) in [6.07, 6.45) is 1.52. The van der Waals surface area contributed by atoms with Gasteiger partial charge >= 0.3 is 5.97 Å². The Morgan fingerprint density at radius 3 is 2.70 bits per heavy atom. The summed E-state index contributed by atoms with van der Waals surface area (Å²) >= 11 is 10.9. The van der Waals surface area contributed by atoms with E-state index in [1.165, 1.54) is 6.21 Å². The minimum atomic E-state index is -0.610. The number of hydrogen-bond donors (Lipinski definition) is 3. The average Bonchev–Trinajstić information content (AvgIpc) is 2.84. The second kappa shape index (κ2) is 13.7. The van der Waals surface area contributed by atoms with Crippen LogP contribution < -0.4 is 25.5 Å². The Bertz CT molecular complexity index is 1250. The lowest BCUT2D eigenvalue weighted by atomic mass is 9.95. The van der Waals surface area contributed by atoms with Gasteiger partial charge in [-0.25, -0.2) is 10.2 Å². The number of carbonyl (C=O) groups is 2. The number of amides is 1. The van der Waals surface area contributed by atoms with Crippen LogP contribution in [0.15, 0.2) is 57.2 Å². The van der Waals surface area contributed by atoms with Crippen molar-refractivity contribution in [3.63, 3.8) is 0 Å². The number of carbonyl (C=O) groups excluding carboxylic acids is 2. The lowest BCUT2D eigenvalue weighted by Gasteiger charge is -2.30. The Kier molecular flexibility index (Phi) is 10.7. The zero-order valence-corrected chi connectivity index (χ0v) is 25.0. The predicted octanol–water partition coefficient (Wildman–Crippen LogP) is 4.34. The smallest absolute Gasteiger partial charge is 0.338 e. The quantitative estimate of drug-likeness (QED) is 0.111. The molecule has 196 valence electrons. The Morgan fingerprint density at radius 1 is 1.22 bits per heavy atom. The van der Waals surface area contributed by atoms with Gasteiger partial charge in [0, 0.05) is 21.3 Å². The first kappa shape index (κ1) is 28.9.